The van der Waals surface area contributed by atoms with E-state index in [4.69, 9.17) is 4.74 Å². The van der Waals surface area contributed by atoms with E-state index in [0.717, 1.165) is 6.42 Å². The quantitative estimate of drug-likeness (QED) is 0.712. The summed E-state index contributed by atoms with van der Waals surface area (Å²) in [6, 6.07) is -0.0844. The molecule has 106 valence electrons. The minimum Gasteiger partial charge on any atom is -0.469 e. The van der Waals surface area contributed by atoms with Gasteiger partial charge in [0.15, 0.2) is 0 Å². The van der Waals surface area contributed by atoms with Crippen LogP contribution in [0, 0.1) is 5.92 Å². The highest BCUT2D eigenvalue weighted by molar-refractivity contribution is 7.89. The predicted octanol–water partition coefficient (Wildman–Crippen LogP) is 1.39. The molecule has 1 fully saturated rings. The lowest BCUT2D eigenvalue weighted by atomic mass is 10.1. The van der Waals surface area contributed by atoms with Gasteiger partial charge in [0.1, 0.15) is 0 Å². The van der Waals surface area contributed by atoms with Gasteiger partial charge in [-0.2, -0.15) is 4.31 Å². The predicted molar refractivity (Wildman–Crippen MR) is 69.6 cm³/mol. The van der Waals surface area contributed by atoms with E-state index in [1.807, 2.05) is 20.8 Å². The normalized spacial score (nSPS) is 24.8. The molecule has 2 unspecified atom stereocenters. The van der Waals surface area contributed by atoms with E-state index < -0.39 is 27.2 Å². The van der Waals surface area contributed by atoms with Crippen molar-refractivity contribution in [2.45, 2.75) is 51.3 Å². The van der Waals surface area contributed by atoms with E-state index >= 15 is 0 Å². The van der Waals surface area contributed by atoms with Gasteiger partial charge < -0.3 is 4.74 Å². The van der Waals surface area contributed by atoms with Gasteiger partial charge in [0, 0.05) is 12.6 Å². The highest BCUT2D eigenvalue weighted by atomic mass is 32.2. The van der Waals surface area contributed by atoms with Crippen molar-refractivity contribution in [3.8, 4) is 0 Å². The third-order valence-corrected chi connectivity index (χ3v) is 6.22. The summed E-state index contributed by atoms with van der Waals surface area (Å²) in [5.41, 5.74) is 0. The molecule has 0 amide bonds. The summed E-state index contributed by atoms with van der Waals surface area (Å²) in [7, 11) is -2.11. The first kappa shape index (κ1) is 15.4. The van der Waals surface area contributed by atoms with Gasteiger partial charge in [0.2, 0.25) is 10.0 Å². The van der Waals surface area contributed by atoms with E-state index in [1.54, 1.807) is 0 Å². The average molecular weight is 277 g/mol. The molecule has 0 radical (unpaired) electrons. The number of hydrogen-bond donors (Lipinski definition) is 0. The van der Waals surface area contributed by atoms with E-state index in [0.29, 0.717) is 19.4 Å². The maximum absolute atomic E-state index is 12.6. The van der Waals surface area contributed by atoms with Gasteiger partial charge in [-0.25, -0.2) is 8.42 Å². The Kier molecular flexibility index (Phi) is 5.16. The van der Waals surface area contributed by atoms with Crippen LogP contribution in [0.25, 0.3) is 0 Å². The number of carbonyl (C=O) groups is 1. The number of nitrogens with zero attached hydrogens (tertiary/aromatic N) is 1. The van der Waals surface area contributed by atoms with Gasteiger partial charge in [-0.15, -0.1) is 0 Å². The molecule has 0 aromatic heterocycles. The lowest BCUT2D eigenvalue weighted by Gasteiger charge is -2.29. The lowest BCUT2D eigenvalue weighted by Crippen LogP contribution is -2.45. The first-order valence-electron chi connectivity index (χ1n) is 6.44. The molecule has 0 bridgehead atoms. The second-order valence-electron chi connectivity index (χ2n) is 4.94. The van der Waals surface area contributed by atoms with Crippen LogP contribution in [0.1, 0.15) is 40.0 Å². The number of rotatable bonds is 5. The zero-order valence-corrected chi connectivity index (χ0v) is 12.4. The molecule has 1 aliphatic rings. The topological polar surface area (TPSA) is 63.7 Å². The van der Waals surface area contributed by atoms with Crippen molar-refractivity contribution in [2.75, 3.05) is 13.7 Å². The minimum atomic E-state index is -3.42. The number of sulfonamides is 1. The first-order chi connectivity index (χ1) is 8.36. The second-order valence-corrected chi connectivity index (χ2v) is 7.05. The third-order valence-electron chi connectivity index (χ3n) is 3.55. The molecule has 5 nitrogen and oxygen atoms in total. The summed E-state index contributed by atoms with van der Waals surface area (Å²) in [4.78, 5) is 11.6. The van der Waals surface area contributed by atoms with Crippen molar-refractivity contribution in [1.29, 1.82) is 0 Å². The van der Waals surface area contributed by atoms with Crippen LogP contribution in [0.15, 0.2) is 0 Å². The summed E-state index contributed by atoms with van der Waals surface area (Å²) >= 11 is 0. The fraction of sp³-hybridized carbons (Fsp3) is 0.917. The van der Waals surface area contributed by atoms with Crippen molar-refractivity contribution in [1.82, 2.24) is 4.31 Å². The Morgan fingerprint density at radius 1 is 1.39 bits per heavy atom. The SMILES string of the molecule is CCN(C(C)C)S(=O)(=O)C1CCCC1C(=O)OC. The molecule has 18 heavy (non-hydrogen) atoms. The molecular weight excluding hydrogens is 254 g/mol. The largest absolute Gasteiger partial charge is 0.469 e. The number of carbonyl (C=O) groups excluding carboxylic acids is 1. The molecule has 6 heteroatoms. The molecule has 2 atom stereocenters. The van der Waals surface area contributed by atoms with Gasteiger partial charge in [-0.05, 0) is 26.7 Å². The highest BCUT2D eigenvalue weighted by Gasteiger charge is 2.44. The zero-order chi connectivity index (χ0) is 13.9. The van der Waals surface area contributed by atoms with Gasteiger partial charge >= 0.3 is 5.97 Å². The van der Waals surface area contributed by atoms with E-state index in [9.17, 15) is 13.2 Å². The second kappa shape index (κ2) is 6.02. The van der Waals surface area contributed by atoms with Crippen LogP contribution in [0.4, 0.5) is 0 Å². The lowest BCUT2D eigenvalue weighted by molar-refractivity contribution is -0.145. The number of methoxy groups -OCH3 is 1. The summed E-state index contributed by atoms with van der Waals surface area (Å²) in [5.74, 6) is -0.909. The summed E-state index contributed by atoms with van der Waals surface area (Å²) < 4.78 is 31.3. The highest BCUT2D eigenvalue weighted by Crippen LogP contribution is 2.34. The molecule has 1 saturated carbocycles. The molecule has 0 aromatic rings. The monoisotopic (exact) mass is 277 g/mol. The molecular formula is C12H23NO4S. The Morgan fingerprint density at radius 3 is 2.44 bits per heavy atom. The maximum atomic E-state index is 12.6. The van der Waals surface area contributed by atoms with Crippen molar-refractivity contribution in [2.24, 2.45) is 5.92 Å². The maximum Gasteiger partial charge on any atom is 0.310 e. The van der Waals surface area contributed by atoms with Crippen LogP contribution < -0.4 is 0 Å². The molecule has 0 aromatic carbocycles. The molecule has 0 heterocycles. The van der Waals surface area contributed by atoms with Crippen LogP contribution >= 0.6 is 0 Å². The van der Waals surface area contributed by atoms with Gasteiger partial charge in [-0.3, -0.25) is 4.79 Å². The summed E-state index contributed by atoms with van der Waals surface area (Å²) in [6.07, 6.45) is 1.91. The molecule has 0 saturated heterocycles. The Labute approximate surface area is 110 Å². The fourth-order valence-corrected chi connectivity index (χ4v) is 5.14. The molecule has 1 aliphatic carbocycles. The minimum absolute atomic E-state index is 0.0844. The van der Waals surface area contributed by atoms with Crippen LogP contribution in [-0.4, -0.2) is 43.6 Å². The van der Waals surface area contributed by atoms with E-state index in [2.05, 4.69) is 0 Å². The Hall–Kier alpha value is -0.620. The van der Waals surface area contributed by atoms with E-state index in [-0.39, 0.29) is 6.04 Å². The molecule has 1 rings (SSSR count). The number of hydrogen-bond acceptors (Lipinski definition) is 4. The Bertz CT molecular complexity index is 391. The van der Waals surface area contributed by atoms with Gasteiger partial charge in [-0.1, -0.05) is 13.3 Å². The summed E-state index contributed by atoms with van der Waals surface area (Å²) in [6.45, 7) is 5.95. The van der Waals surface area contributed by atoms with Crippen molar-refractivity contribution >= 4 is 16.0 Å². The van der Waals surface area contributed by atoms with Crippen molar-refractivity contribution in [3.63, 3.8) is 0 Å². The van der Waals surface area contributed by atoms with Gasteiger partial charge in [0.05, 0.1) is 18.3 Å². The van der Waals surface area contributed by atoms with Crippen LogP contribution in [0.3, 0.4) is 0 Å². The molecule has 0 spiro atoms. The number of ether oxygens (including phenoxy) is 1. The van der Waals surface area contributed by atoms with Crippen LogP contribution in [0.2, 0.25) is 0 Å². The summed E-state index contributed by atoms with van der Waals surface area (Å²) in [5, 5.41) is -0.618. The van der Waals surface area contributed by atoms with Crippen LogP contribution in [-0.2, 0) is 19.6 Å². The smallest absolute Gasteiger partial charge is 0.310 e. The standard InChI is InChI=1S/C12H23NO4S/c1-5-13(9(2)3)18(15,16)11-8-6-7-10(11)12(14)17-4/h9-11H,5-8H2,1-4H3. The van der Waals surface area contributed by atoms with Crippen LogP contribution in [0.5, 0.6) is 0 Å². The van der Waals surface area contributed by atoms with E-state index in [1.165, 1.54) is 11.4 Å². The Balaban J connectivity index is 3.00. The first-order valence-corrected chi connectivity index (χ1v) is 7.95. The Morgan fingerprint density at radius 2 is 2.00 bits per heavy atom. The van der Waals surface area contributed by atoms with Crippen molar-refractivity contribution < 1.29 is 17.9 Å². The molecule has 0 N–H and O–H groups in total. The zero-order valence-electron chi connectivity index (χ0n) is 11.5. The average Bonchev–Trinajstić information content (AvgIpc) is 2.77. The third kappa shape index (κ3) is 2.85. The fourth-order valence-electron chi connectivity index (χ4n) is 2.72. The molecule has 0 aliphatic heterocycles. The number of esters is 1. The van der Waals surface area contributed by atoms with Crippen molar-refractivity contribution in [3.05, 3.63) is 0 Å². The van der Waals surface area contributed by atoms with Gasteiger partial charge in [0.25, 0.3) is 0 Å².